The molecule has 1 aliphatic carbocycles. The molecule has 1 unspecified atom stereocenters. The van der Waals surface area contributed by atoms with Gasteiger partial charge in [0.05, 0.1) is 12.1 Å². The Labute approximate surface area is 218 Å². The van der Waals surface area contributed by atoms with Crippen molar-refractivity contribution in [2.24, 2.45) is 11.5 Å². The van der Waals surface area contributed by atoms with E-state index in [2.05, 4.69) is 33.1 Å². The topological polar surface area (TPSA) is 118 Å². The maximum atomic E-state index is 13.7. The number of carbonyl (C=O) groups is 1. The van der Waals surface area contributed by atoms with Gasteiger partial charge in [0.25, 0.3) is 0 Å². The number of rotatable bonds is 7. The molecule has 1 saturated heterocycles. The standard InChI is InChI=1S/C30H35N5O2/c1-19-12-27(31)25-3-2-22(23-13-21(16-34-17-23)18-35-10-6-24(36)7-11-35)15-26(25)29(19)30(37)28(32)14-20-4-8-33-9-5-20/h2-5,8-9,13,15-17,24,27-28,36H,6-7,10-12,14,18,31-32H2,1H3/t27?,28-/m0/s1. The Morgan fingerprint density at radius 3 is 2.57 bits per heavy atom. The number of aliphatic hydroxyl groups excluding tert-OH is 1. The van der Waals surface area contributed by atoms with Gasteiger partial charge in [-0.05, 0) is 84.7 Å². The van der Waals surface area contributed by atoms with Crippen LogP contribution in [0.2, 0.25) is 0 Å². The second-order valence-corrected chi connectivity index (χ2v) is 10.4. The molecule has 5 N–H and O–H groups in total. The van der Waals surface area contributed by atoms with E-state index in [1.807, 2.05) is 37.5 Å². The number of carbonyl (C=O) groups excluding carboxylic acids is 1. The molecule has 3 heterocycles. The van der Waals surface area contributed by atoms with Gasteiger partial charge in [0.15, 0.2) is 5.78 Å². The molecule has 7 nitrogen and oxygen atoms in total. The lowest BCUT2D eigenvalue weighted by Gasteiger charge is -2.29. The van der Waals surface area contributed by atoms with Gasteiger partial charge >= 0.3 is 0 Å². The number of Topliss-reactive ketones (excluding diaryl/α,β-unsaturated/α-hetero) is 1. The van der Waals surface area contributed by atoms with Crippen LogP contribution in [0.25, 0.3) is 16.7 Å². The van der Waals surface area contributed by atoms with Gasteiger partial charge in [-0.1, -0.05) is 17.7 Å². The highest BCUT2D eigenvalue weighted by Gasteiger charge is 2.30. The Balaban J connectivity index is 1.42. The van der Waals surface area contributed by atoms with Crippen molar-refractivity contribution in [2.45, 2.75) is 57.3 Å². The molecule has 3 aromatic rings. The number of benzene rings is 1. The number of aliphatic hydroxyl groups is 1. The van der Waals surface area contributed by atoms with E-state index >= 15 is 0 Å². The Morgan fingerprint density at radius 1 is 1.05 bits per heavy atom. The number of nitrogens with two attached hydrogens (primary N) is 2. The molecule has 2 aliphatic rings. The molecule has 0 amide bonds. The SMILES string of the molecule is CC1=C(C(=O)[C@@H](N)Cc2ccncc2)c2cc(-c3cncc(CN4CCC(O)CC4)c3)ccc2C(N)C1. The highest BCUT2D eigenvalue weighted by molar-refractivity contribution is 6.25. The molecule has 0 spiro atoms. The lowest BCUT2D eigenvalue weighted by molar-refractivity contribution is -0.114. The predicted octanol–water partition coefficient (Wildman–Crippen LogP) is 3.42. The Morgan fingerprint density at radius 2 is 1.81 bits per heavy atom. The Kier molecular flexibility index (Phi) is 7.58. The third-order valence-electron chi connectivity index (χ3n) is 7.55. The van der Waals surface area contributed by atoms with Crippen molar-refractivity contribution in [1.29, 1.82) is 0 Å². The lowest BCUT2D eigenvalue weighted by Crippen LogP contribution is -2.35. The molecule has 0 radical (unpaired) electrons. The molecule has 7 heteroatoms. The molecule has 1 aliphatic heterocycles. The predicted molar refractivity (Wildman–Crippen MR) is 145 cm³/mol. The van der Waals surface area contributed by atoms with Crippen molar-refractivity contribution in [2.75, 3.05) is 13.1 Å². The maximum absolute atomic E-state index is 13.7. The number of hydrogen-bond acceptors (Lipinski definition) is 7. The molecular weight excluding hydrogens is 462 g/mol. The highest BCUT2D eigenvalue weighted by atomic mass is 16.3. The van der Waals surface area contributed by atoms with Gasteiger partial charge in [-0.25, -0.2) is 0 Å². The number of likely N-dealkylation sites (tertiary alicyclic amines) is 1. The fraction of sp³-hybridized carbons (Fsp3) is 0.367. The zero-order valence-corrected chi connectivity index (χ0v) is 21.3. The van der Waals surface area contributed by atoms with E-state index in [0.717, 1.165) is 71.4 Å². The highest BCUT2D eigenvalue weighted by Crippen LogP contribution is 2.39. The van der Waals surface area contributed by atoms with Crippen molar-refractivity contribution in [3.63, 3.8) is 0 Å². The summed E-state index contributed by atoms with van der Waals surface area (Å²) < 4.78 is 0. The van der Waals surface area contributed by atoms with Gasteiger partial charge in [0.1, 0.15) is 0 Å². The van der Waals surface area contributed by atoms with Crippen LogP contribution in [0.5, 0.6) is 0 Å². The van der Waals surface area contributed by atoms with Crippen molar-refractivity contribution >= 4 is 11.4 Å². The van der Waals surface area contributed by atoms with Gasteiger partial charge in [-0.3, -0.25) is 19.7 Å². The molecule has 0 bridgehead atoms. The van der Waals surface area contributed by atoms with Crippen LogP contribution in [-0.2, 0) is 17.8 Å². The molecule has 2 atom stereocenters. The van der Waals surface area contributed by atoms with Gasteiger partial charge < -0.3 is 16.6 Å². The van der Waals surface area contributed by atoms with Gasteiger partial charge in [0, 0.05) is 61.6 Å². The first-order valence-corrected chi connectivity index (χ1v) is 13.0. The van der Waals surface area contributed by atoms with Gasteiger partial charge in [0.2, 0.25) is 0 Å². The van der Waals surface area contributed by atoms with E-state index in [9.17, 15) is 9.90 Å². The fourth-order valence-corrected chi connectivity index (χ4v) is 5.51. The average Bonchev–Trinajstić information content (AvgIpc) is 2.90. The lowest BCUT2D eigenvalue weighted by atomic mass is 9.79. The van der Waals surface area contributed by atoms with E-state index in [1.54, 1.807) is 12.4 Å². The fourth-order valence-electron chi connectivity index (χ4n) is 5.51. The van der Waals surface area contributed by atoms with Crippen LogP contribution in [0, 0.1) is 0 Å². The zero-order chi connectivity index (χ0) is 25.9. The van der Waals surface area contributed by atoms with Gasteiger partial charge in [-0.2, -0.15) is 0 Å². The quantitative estimate of drug-likeness (QED) is 0.458. The normalized spacial score (nSPS) is 19.5. The van der Waals surface area contributed by atoms with Crippen LogP contribution in [0.4, 0.5) is 0 Å². The summed E-state index contributed by atoms with van der Waals surface area (Å²) in [5.74, 6) is -0.0567. The summed E-state index contributed by atoms with van der Waals surface area (Å²) in [5.41, 5.74) is 20.6. The molecule has 2 aromatic heterocycles. The number of nitrogens with zero attached hydrogens (tertiary/aromatic N) is 3. The average molecular weight is 498 g/mol. The summed E-state index contributed by atoms with van der Waals surface area (Å²) in [7, 11) is 0. The van der Waals surface area contributed by atoms with Crippen LogP contribution in [0.1, 0.15) is 54.5 Å². The molecule has 37 heavy (non-hydrogen) atoms. The molecule has 1 fully saturated rings. The molecular formula is C30H35N5O2. The van der Waals surface area contributed by atoms with Gasteiger partial charge in [-0.15, -0.1) is 0 Å². The van der Waals surface area contributed by atoms with E-state index in [-0.39, 0.29) is 17.9 Å². The van der Waals surface area contributed by atoms with Crippen LogP contribution < -0.4 is 11.5 Å². The molecule has 192 valence electrons. The minimum Gasteiger partial charge on any atom is -0.393 e. The molecule has 0 saturated carbocycles. The molecule has 1 aromatic carbocycles. The summed E-state index contributed by atoms with van der Waals surface area (Å²) in [6.45, 7) is 4.56. The number of aromatic nitrogens is 2. The minimum absolute atomic E-state index is 0.0567. The van der Waals surface area contributed by atoms with Crippen molar-refractivity contribution in [3.8, 4) is 11.1 Å². The van der Waals surface area contributed by atoms with E-state index in [0.29, 0.717) is 18.4 Å². The second-order valence-electron chi connectivity index (χ2n) is 10.4. The summed E-state index contributed by atoms with van der Waals surface area (Å²) in [4.78, 5) is 24.6. The third-order valence-corrected chi connectivity index (χ3v) is 7.55. The van der Waals surface area contributed by atoms with Crippen LogP contribution in [0.3, 0.4) is 0 Å². The molecule has 5 rings (SSSR count). The Bertz CT molecular complexity index is 1300. The summed E-state index contributed by atoms with van der Waals surface area (Å²) in [6, 6.07) is 11.3. The van der Waals surface area contributed by atoms with Crippen LogP contribution >= 0.6 is 0 Å². The Hall–Kier alpha value is -3.23. The number of fused-ring (bicyclic) bond motifs is 1. The van der Waals surface area contributed by atoms with Crippen molar-refractivity contribution in [3.05, 3.63) is 89.0 Å². The zero-order valence-electron chi connectivity index (χ0n) is 21.3. The van der Waals surface area contributed by atoms with Crippen LogP contribution in [-0.4, -0.2) is 51.0 Å². The summed E-state index contributed by atoms with van der Waals surface area (Å²) in [6.07, 6.45) is 9.73. The largest absolute Gasteiger partial charge is 0.393 e. The van der Waals surface area contributed by atoms with Crippen LogP contribution in [0.15, 0.2) is 66.8 Å². The first-order chi connectivity index (χ1) is 17.9. The number of pyridine rings is 2. The minimum atomic E-state index is -0.647. The first-order valence-electron chi connectivity index (χ1n) is 13.0. The first kappa shape index (κ1) is 25.4. The smallest absolute Gasteiger partial charge is 0.180 e. The van der Waals surface area contributed by atoms with E-state index in [1.165, 1.54) is 0 Å². The van der Waals surface area contributed by atoms with Crippen molar-refractivity contribution in [1.82, 2.24) is 14.9 Å². The maximum Gasteiger partial charge on any atom is 0.180 e. The second kappa shape index (κ2) is 11.0. The number of piperidine rings is 1. The summed E-state index contributed by atoms with van der Waals surface area (Å²) in [5, 5.41) is 9.80. The number of hydrogen-bond donors (Lipinski definition) is 3. The van der Waals surface area contributed by atoms with E-state index in [4.69, 9.17) is 11.5 Å². The van der Waals surface area contributed by atoms with E-state index < -0.39 is 6.04 Å². The number of ketones is 1. The third kappa shape index (κ3) is 5.70. The summed E-state index contributed by atoms with van der Waals surface area (Å²) >= 11 is 0. The van der Waals surface area contributed by atoms with Crippen molar-refractivity contribution < 1.29 is 9.90 Å². The monoisotopic (exact) mass is 497 g/mol.